The van der Waals surface area contributed by atoms with Crippen LogP contribution in [-0.4, -0.2) is 32.7 Å². The molecule has 4 nitrogen and oxygen atoms in total. The van der Waals surface area contributed by atoms with Crippen molar-refractivity contribution in [3.05, 3.63) is 40.3 Å². The SMILES string of the molecule is O=C(O)CCCCN1C(=O)/C(=C\c2ccc(F)c(F)c2)SC1=S. The first-order valence-corrected chi connectivity index (χ1v) is 8.03. The van der Waals surface area contributed by atoms with Crippen LogP contribution in [0.2, 0.25) is 0 Å². The first-order chi connectivity index (χ1) is 10.9. The molecule has 1 aromatic rings. The lowest BCUT2D eigenvalue weighted by atomic mass is 10.2. The molecular formula is C15H13F2NO3S2. The van der Waals surface area contributed by atoms with Gasteiger partial charge in [0.05, 0.1) is 4.91 Å². The van der Waals surface area contributed by atoms with Gasteiger partial charge in [-0.15, -0.1) is 0 Å². The van der Waals surface area contributed by atoms with Gasteiger partial charge in [-0.25, -0.2) is 8.78 Å². The third-order valence-electron chi connectivity index (χ3n) is 3.14. The zero-order chi connectivity index (χ0) is 17.0. The molecule has 2 rings (SSSR count). The molecule has 8 heteroatoms. The third-order valence-corrected chi connectivity index (χ3v) is 4.52. The molecule has 0 bridgehead atoms. The van der Waals surface area contributed by atoms with E-state index in [1.807, 2.05) is 0 Å². The van der Waals surface area contributed by atoms with Crippen molar-refractivity contribution in [2.24, 2.45) is 0 Å². The fourth-order valence-corrected chi connectivity index (χ4v) is 3.30. The van der Waals surface area contributed by atoms with Crippen LogP contribution in [0.4, 0.5) is 8.78 Å². The van der Waals surface area contributed by atoms with Gasteiger partial charge in [-0.2, -0.15) is 0 Å². The average Bonchev–Trinajstić information content (AvgIpc) is 2.74. The Morgan fingerprint density at radius 1 is 1.30 bits per heavy atom. The molecule has 0 saturated carbocycles. The van der Waals surface area contributed by atoms with Crippen LogP contribution in [0.15, 0.2) is 23.1 Å². The highest BCUT2D eigenvalue weighted by Crippen LogP contribution is 2.32. The Morgan fingerprint density at radius 2 is 2.04 bits per heavy atom. The van der Waals surface area contributed by atoms with Crippen LogP contribution in [0, 0.1) is 11.6 Å². The summed E-state index contributed by atoms with van der Waals surface area (Å²) in [7, 11) is 0. The number of unbranched alkanes of at least 4 members (excludes halogenated alkanes) is 1. The predicted octanol–water partition coefficient (Wildman–Crippen LogP) is 3.42. The van der Waals surface area contributed by atoms with Crippen LogP contribution in [0.1, 0.15) is 24.8 Å². The van der Waals surface area contributed by atoms with E-state index in [-0.39, 0.29) is 12.3 Å². The van der Waals surface area contributed by atoms with E-state index >= 15 is 0 Å². The lowest BCUT2D eigenvalue weighted by Crippen LogP contribution is -2.29. The van der Waals surface area contributed by atoms with Gasteiger partial charge in [0, 0.05) is 13.0 Å². The van der Waals surface area contributed by atoms with Crippen LogP contribution >= 0.6 is 24.0 Å². The number of thiocarbonyl (C=S) groups is 1. The molecule has 122 valence electrons. The summed E-state index contributed by atoms with van der Waals surface area (Å²) in [5.41, 5.74) is 0.371. The maximum atomic E-state index is 13.2. The van der Waals surface area contributed by atoms with Crippen molar-refractivity contribution in [2.45, 2.75) is 19.3 Å². The lowest BCUT2D eigenvalue weighted by molar-refractivity contribution is -0.137. The molecule has 1 heterocycles. The predicted molar refractivity (Wildman–Crippen MR) is 87.7 cm³/mol. The number of thioether (sulfide) groups is 1. The molecule has 1 aromatic carbocycles. The van der Waals surface area contributed by atoms with Gasteiger partial charge in [0.2, 0.25) is 0 Å². The van der Waals surface area contributed by atoms with E-state index in [4.69, 9.17) is 17.3 Å². The summed E-state index contributed by atoms with van der Waals surface area (Å²) in [5.74, 6) is -3.12. The third kappa shape index (κ3) is 4.59. The van der Waals surface area contributed by atoms with Crippen LogP contribution < -0.4 is 0 Å². The van der Waals surface area contributed by atoms with Crippen molar-refractivity contribution in [2.75, 3.05) is 6.54 Å². The maximum Gasteiger partial charge on any atom is 0.303 e. The number of carbonyl (C=O) groups excluding carboxylic acids is 1. The van der Waals surface area contributed by atoms with Gasteiger partial charge in [-0.1, -0.05) is 30.0 Å². The van der Waals surface area contributed by atoms with E-state index in [0.29, 0.717) is 34.2 Å². The Labute approximate surface area is 141 Å². The number of rotatable bonds is 6. The Hall–Kier alpha value is -1.80. The molecule has 1 N–H and O–H groups in total. The molecule has 0 unspecified atom stereocenters. The number of halogens is 2. The number of carboxylic acid groups (broad SMARTS) is 1. The van der Waals surface area contributed by atoms with Gasteiger partial charge in [0.15, 0.2) is 11.6 Å². The molecule has 0 atom stereocenters. The lowest BCUT2D eigenvalue weighted by Gasteiger charge is -2.13. The Balaban J connectivity index is 2.03. The largest absolute Gasteiger partial charge is 0.481 e. The molecule has 23 heavy (non-hydrogen) atoms. The maximum absolute atomic E-state index is 13.2. The van der Waals surface area contributed by atoms with Gasteiger partial charge in [-0.3, -0.25) is 14.5 Å². The number of carboxylic acids is 1. The number of aliphatic carboxylic acids is 1. The number of amides is 1. The molecule has 0 radical (unpaired) electrons. The number of carbonyl (C=O) groups is 2. The van der Waals surface area contributed by atoms with E-state index in [1.165, 1.54) is 17.0 Å². The highest BCUT2D eigenvalue weighted by Gasteiger charge is 2.31. The summed E-state index contributed by atoms with van der Waals surface area (Å²) in [6.45, 7) is 0.340. The van der Waals surface area contributed by atoms with Gasteiger partial charge in [-0.05, 0) is 36.6 Å². The van der Waals surface area contributed by atoms with Crippen molar-refractivity contribution >= 4 is 46.3 Å². The van der Waals surface area contributed by atoms with Crippen molar-refractivity contribution < 1.29 is 23.5 Å². The van der Waals surface area contributed by atoms with Crippen LogP contribution in [0.3, 0.4) is 0 Å². The van der Waals surface area contributed by atoms with Gasteiger partial charge >= 0.3 is 5.97 Å². The quantitative estimate of drug-likeness (QED) is 0.480. The van der Waals surface area contributed by atoms with E-state index < -0.39 is 17.6 Å². The van der Waals surface area contributed by atoms with Crippen molar-refractivity contribution in [1.82, 2.24) is 4.90 Å². The summed E-state index contributed by atoms with van der Waals surface area (Å²) >= 11 is 6.22. The van der Waals surface area contributed by atoms with E-state index in [9.17, 15) is 18.4 Å². The van der Waals surface area contributed by atoms with Crippen molar-refractivity contribution in [3.63, 3.8) is 0 Å². The summed E-state index contributed by atoms with van der Waals surface area (Å²) in [5, 5.41) is 8.58. The second-order valence-corrected chi connectivity index (χ2v) is 6.53. The van der Waals surface area contributed by atoms with Gasteiger partial charge in [0.1, 0.15) is 4.32 Å². The standard InChI is InChI=1S/C15H13F2NO3S2/c16-10-5-4-9(7-11(10)17)8-12-14(21)18(15(22)23-12)6-2-1-3-13(19)20/h4-5,7-8H,1-3,6H2,(H,19,20)/b12-8+. The topological polar surface area (TPSA) is 57.6 Å². The molecule has 0 aromatic heterocycles. The highest BCUT2D eigenvalue weighted by molar-refractivity contribution is 8.26. The van der Waals surface area contributed by atoms with E-state index in [1.54, 1.807) is 0 Å². The van der Waals surface area contributed by atoms with Crippen LogP contribution in [0.5, 0.6) is 0 Å². The molecular weight excluding hydrogens is 344 g/mol. The first kappa shape index (κ1) is 17.6. The fourth-order valence-electron chi connectivity index (χ4n) is 1.99. The van der Waals surface area contributed by atoms with Crippen molar-refractivity contribution in [1.29, 1.82) is 0 Å². The molecule has 1 fully saturated rings. The average molecular weight is 357 g/mol. The molecule has 0 aliphatic carbocycles. The Kier molecular flexibility index (Phi) is 5.84. The molecule has 1 amide bonds. The minimum Gasteiger partial charge on any atom is -0.481 e. The second kappa shape index (κ2) is 7.65. The Bertz CT molecular complexity index is 691. The number of nitrogens with zero attached hydrogens (tertiary/aromatic N) is 1. The number of hydrogen-bond acceptors (Lipinski definition) is 4. The molecule has 1 saturated heterocycles. The second-order valence-electron chi connectivity index (χ2n) is 4.86. The summed E-state index contributed by atoms with van der Waals surface area (Å²) in [6, 6.07) is 3.38. The normalized spacial score (nSPS) is 16.4. The zero-order valence-corrected chi connectivity index (χ0v) is 13.6. The van der Waals surface area contributed by atoms with Gasteiger partial charge < -0.3 is 5.11 Å². The zero-order valence-electron chi connectivity index (χ0n) is 11.9. The summed E-state index contributed by atoms with van der Waals surface area (Å²) < 4.78 is 26.5. The first-order valence-electron chi connectivity index (χ1n) is 6.80. The van der Waals surface area contributed by atoms with Crippen LogP contribution in [-0.2, 0) is 9.59 Å². The smallest absolute Gasteiger partial charge is 0.303 e. The number of benzene rings is 1. The fraction of sp³-hybridized carbons (Fsp3) is 0.267. The summed E-state index contributed by atoms with van der Waals surface area (Å²) in [4.78, 5) is 24.4. The molecule has 1 aliphatic heterocycles. The van der Waals surface area contributed by atoms with Crippen molar-refractivity contribution in [3.8, 4) is 0 Å². The van der Waals surface area contributed by atoms with E-state index in [2.05, 4.69) is 0 Å². The minimum atomic E-state index is -0.983. The minimum absolute atomic E-state index is 0.0412. The molecule has 1 aliphatic rings. The Morgan fingerprint density at radius 3 is 2.70 bits per heavy atom. The molecule has 0 spiro atoms. The highest BCUT2D eigenvalue weighted by atomic mass is 32.2. The monoisotopic (exact) mass is 357 g/mol. The summed E-state index contributed by atoms with van der Waals surface area (Å²) in [6.07, 6.45) is 2.48. The van der Waals surface area contributed by atoms with Crippen LogP contribution in [0.25, 0.3) is 6.08 Å². The van der Waals surface area contributed by atoms with E-state index in [0.717, 1.165) is 23.9 Å². The van der Waals surface area contributed by atoms with Gasteiger partial charge in [0.25, 0.3) is 5.91 Å². The number of hydrogen-bond donors (Lipinski definition) is 1.